The lowest BCUT2D eigenvalue weighted by Crippen LogP contribution is -2.36. The molecule has 1 amide bonds. The van der Waals surface area contributed by atoms with Gasteiger partial charge in [-0.25, -0.2) is 9.50 Å². The van der Waals surface area contributed by atoms with Gasteiger partial charge in [-0.2, -0.15) is 0 Å². The number of nitrogens with one attached hydrogen (secondary N) is 1. The van der Waals surface area contributed by atoms with Crippen LogP contribution < -0.4 is 5.56 Å². The first-order chi connectivity index (χ1) is 10.7. The summed E-state index contributed by atoms with van der Waals surface area (Å²) in [5, 5.41) is 3.10. The molecule has 0 spiro atoms. The van der Waals surface area contributed by atoms with Gasteiger partial charge in [-0.1, -0.05) is 20.8 Å². The molecule has 0 aromatic carbocycles. The van der Waals surface area contributed by atoms with Crippen molar-refractivity contribution >= 4 is 11.6 Å². The Morgan fingerprint density at radius 1 is 1.39 bits per heavy atom. The number of ether oxygens (including phenoxy) is 1. The molecule has 2 aromatic rings. The van der Waals surface area contributed by atoms with E-state index < -0.39 is 0 Å². The highest BCUT2D eigenvalue weighted by Gasteiger charge is 2.35. The van der Waals surface area contributed by atoms with Gasteiger partial charge >= 0.3 is 0 Å². The predicted octanol–water partition coefficient (Wildman–Crippen LogP) is 1.31. The number of H-pyrrole nitrogens is 1. The molecule has 23 heavy (non-hydrogen) atoms. The monoisotopic (exact) mass is 318 g/mol. The number of amides is 1. The molecule has 1 atom stereocenters. The first kappa shape index (κ1) is 15.7. The van der Waals surface area contributed by atoms with E-state index in [1.165, 1.54) is 4.52 Å². The van der Waals surface area contributed by atoms with Crippen LogP contribution in [0.4, 0.5) is 0 Å². The van der Waals surface area contributed by atoms with Gasteiger partial charge in [0, 0.05) is 24.3 Å². The first-order valence-corrected chi connectivity index (χ1v) is 7.69. The minimum absolute atomic E-state index is 0.102. The van der Waals surface area contributed by atoms with E-state index in [-0.39, 0.29) is 35.2 Å². The van der Waals surface area contributed by atoms with E-state index in [1.54, 1.807) is 12.0 Å². The molecular formula is C16H22N4O3. The summed E-state index contributed by atoms with van der Waals surface area (Å²) in [5.74, 6) is -0.206. The molecule has 0 fully saturated rings. The van der Waals surface area contributed by atoms with E-state index >= 15 is 0 Å². The summed E-state index contributed by atoms with van der Waals surface area (Å²) in [4.78, 5) is 31.3. The van der Waals surface area contributed by atoms with Gasteiger partial charge < -0.3 is 9.64 Å². The van der Waals surface area contributed by atoms with Crippen molar-refractivity contribution in [3.05, 3.63) is 33.4 Å². The zero-order valence-corrected chi connectivity index (χ0v) is 14.1. The van der Waals surface area contributed by atoms with Gasteiger partial charge in [0.05, 0.1) is 24.8 Å². The molecule has 124 valence electrons. The lowest BCUT2D eigenvalue weighted by atomic mass is 9.93. The largest absolute Gasteiger partial charge is 0.383 e. The van der Waals surface area contributed by atoms with Crippen LogP contribution in [0.15, 0.2) is 10.9 Å². The molecule has 0 radical (unpaired) electrons. The molecule has 3 heterocycles. The maximum atomic E-state index is 12.7. The topological polar surface area (TPSA) is 79.7 Å². The molecule has 0 saturated heterocycles. The second-order valence-corrected chi connectivity index (χ2v) is 7.09. The zero-order chi connectivity index (χ0) is 16.9. The van der Waals surface area contributed by atoms with Crippen LogP contribution in [0.3, 0.4) is 0 Å². The summed E-state index contributed by atoms with van der Waals surface area (Å²) in [5.41, 5.74) is 1.75. The summed E-state index contributed by atoms with van der Waals surface area (Å²) in [6.07, 6.45) is 0. The van der Waals surface area contributed by atoms with Gasteiger partial charge in [0.25, 0.3) is 11.5 Å². The molecule has 7 nitrogen and oxygen atoms in total. The third-order valence-electron chi connectivity index (χ3n) is 4.25. The fourth-order valence-electron chi connectivity index (χ4n) is 2.83. The Morgan fingerprint density at radius 3 is 2.70 bits per heavy atom. The Balaban J connectivity index is 2.09. The third kappa shape index (κ3) is 2.45. The first-order valence-electron chi connectivity index (χ1n) is 7.69. The van der Waals surface area contributed by atoms with E-state index in [4.69, 9.17) is 4.74 Å². The number of methoxy groups -OCH3 is 1. The number of aromatic nitrogens is 3. The van der Waals surface area contributed by atoms with E-state index in [1.807, 2.05) is 13.0 Å². The second kappa shape index (κ2) is 5.19. The second-order valence-electron chi connectivity index (χ2n) is 7.09. The molecule has 1 N–H and O–H groups in total. The van der Waals surface area contributed by atoms with E-state index in [2.05, 4.69) is 30.9 Å². The highest BCUT2D eigenvalue weighted by molar-refractivity contribution is 5.97. The number of rotatable bonds is 3. The van der Waals surface area contributed by atoms with Crippen molar-refractivity contribution in [3.8, 4) is 0 Å². The average molecular weight is 318 g/mol. The van der Waals surface area contributed by atoms with Crippen LogP contribution in [0.5, 0.6) is 0 Å². The van der Waals surface area contributed by atoms with Crippen LogP contribution in [0.1, 0.15) is 49.4 Å². The zero-order valence-electron chi connectivity index (χ0n) is 14.1. The Kier molecular flexibility index (Phi) is 3.55. The van der Waals surface area contributed by atoms with Crippen molar-refractivity contribution in [2.24, 2.45) is 0 Å². The van der Waals surface area contributed by atoms with Crippen LogP contribution >= 0.6 is 0 Å². The maximum Gasteiger partial charge on any atom is 0.278 e. The molecule has 0 bridgehead atoms. The van der Waals surface area contributed by atoms with Gasteiger partial charge in [-0.05, 0) is 6.92 Å². The number of fused-ring (bicyclic) bond motifs is 2. The number of hydrogen-bond donors (Lipinski definition) is 1. The van der Waals surface area contributed by atoms with Crippen LogP contribution in [0.2, 0.25) is 0 Å². The molecule has 0 aliphatic carbocycles. The quantitative estimate of drug-likeness (QED) is 0.925. The standard InChI is InChI=1S/C16H22N4O3/c1-9(8-23-5)19-7-10-13(15(19)22)17-12-6-11(16(2,3)4)18-20(12)14(10)21/h6,9,18H,7-8H2,1-5H3/t9-/m0/s1. The van der Waals surface area contributed by atoms with E-state index in [0.717, 1.165) is 5.69 Å². The van der Waals surface area contributed by atoms with Crippen LogP contribution in [-0.4, -0.2) is 45.2 Å². The number of hydrogen-bond acceptors (Lipinski definition) is 4. The maximum absolute atomic E-state index is 12.7. The summed E-state index contributed by atoms with van der Waals surface area (Å²) in [6, 6.07) is 1.73. The number of carbonyl (C=O) groups is 1. The molecule has 2 aromatic heterocycles. The third-order valence-corrected chi connectivity index (χ3v) is 4.25. The molecule has 1 aliphatic rings. The molecular weight excluding hydrogens is 296 g/mol. The van der Waals surface area contributed by atoms with Crippen molar-refractivity contribution in [3.63, 3.8) is 0 Å². The number of carbonyl (C=O) groups excluding carboxylic acids is 1. The Labute approximate surface area is 134 Å². The Morgan fingerprint density at radius 2 is 2.09 bits per heavy atom. The fourth-order valence-corrected chi connectivity index (χ4v) is 2.83. The van der Waals surface area contributed by atoms with Gasteiger partial charge in [0.1, 0.15) is 5.69 Å². The fraction of sp³-hybridized carbons (Fsp3) is 0.562. The summed E-state index contributed by atoms with van der Waals surface area (Å²) in [6.45, 7) is 8.75. The number of aromatic amines is 1. The Hall–Kier alpha value is -2.15. The van der Waals surface area contributed by atoms with Crippen molar-refractivity contribution in [1.82, 2.24) is 19.5 Å². The van der Waals surface area contributed by atoms with E-state index in [0.29, 0.717) is 17.8 Å². The van der Waals surface area contributed by atoms with Gasteiger partial charge in [0.15, 0.2) is 5.65 Å². The average Bonchev–Trinajstić information content (AvgIpc) is 3.02. The highest BCUT2D eigenvalue weighted by Crippen LogP contribution is 2.24. The number of nitrogens with zero attached hydrogens (tertiary/aromatic N) is 3. The lowest BCUT2D eigenvalue weighted by Gasteiger charge is -2.22. The minimum Gasteiger partial charge on any atom is -0.383 e. The van der Waals surface area contributed by atoms with Gasteiger partial charge in [-0.3, -0.25) is 14.7 Å². The highest BCUT2D eigenvalue weighted by atomic mass is 16.5. The normalized spacial score (nSPS) is 16.2. The van der Waals surface area contributed by atoms with Crippen LogP contribution in [-0.2, 0) is 16.7 Å². The van der Waals surface area contributed by atoms with Gasteiger partial charge in [0.2, 0.25) is 0 Å². The molecule has 0 saturated carbocycles. The Bertz CT molecular complexity index is 828. The van der Waals surface area contributed by atoms with Crippen LogP contribution in [0, 0.1) is 0 Å². The summed E-state index contributed by atoms with van der Waals surface area (Å²) in [7, 11) is 1.59. The van der Waals surface area contributed by atoms with Crippen molar-refractivity contribution in [1.29, 1.82) is 0 Å². The van der Waals surface area contributed by atoms with Crippen molar-refractivity contribution in [2.75, 3.05) is 13.7 Å². The van der Waals surface area contributed by atoms with Crippen molar-refractivity contribution in [2.45, 2.75) is 45.7 Å². The smallest absolute Gasteiger partial charge is 0.278 e. The summed E-state index contributed by atoms with van der Waals surface area (Å²) >= 11 is 0. The van der Waals surface area contributed by atoms with Crippen molar-refractivity contribution < 1.29 is 9.53 Å². The van der Waals surface area contributed by atoms with Gasteiger partial charge in [-0.15, -0.1) is 0 Å². The molecule has 0 unspecified atom stereocenters. The van der Waals surface area contributed by atoms with E-state index in [9.17, 15) is 9.59 Å². The molecule has 3 rings (SSSR count). The van der Waals surface area contributed by atoms with Crippen LogP contribution in [0.25, 0.3) is 5.65 Å². The summed E-state index contributed by atoms with van der Waals surface area (Å²) < 4.78 is 6.53. The molecule has 7 heteroatoms. The SMILES string of the molecule is COC[C@H](C)N1Cc2c(nc3cc(C(C)(C)C)[nH]n3c2=O)C1=O. The predicted molar refractivity (Wildman–Crippen MR) is 85.7 cm³/mol. The molecule has 1 aliphatic heterocycles. The lowest BCUT2D eigenvalue weighted by molar-refractivity contribution is 0.0584. The minimum atomic E-state index is -0.207.